The number of hydrogen-bond donors (Lipinski definition) is 3. The second-order valence-electron chi connectivity index (χ2n) is 9.14. The van der Waals surface area contributed by atoms with Gasteiger partial charge >= 0.3 is 0 Å². The number of nitrogens with zero attached hydrogens (tertiary/aromatic N) is 5. The first-order valence-corrected chi connectivity index (χ1v) is 12.1. The summed E-state index contributed by atoms with van der Waals surface area (Å²) in [6.45, 7) is 5.42. The lowest BCUT2D eigenvalue weighted by Gasteiger charge is -2.27. The number of aromatic nitrogens is 5. The topological polar surface area (TPSA) is 110 Å². The molecule has 1 saturated carbocycles. The van der Waals surface area contributed by atoms with E-state index in [-0.39, 0.29) is 12.2 Å². The third kappa shape index (κ3) is 5.09. The van der Waals surface area contributed by atoms with Crippen molar-refractivity contribution in [1.82, 2.24) is 29.8 Å². The molecule has 9 heteroatoms. The van der Waals surface area contributed by atoms with E-state index in [2.05, 4.69) is 25.2 Å². The first-order valence-electron chi connectivity index (χ1n) is 12.1. The third-order valence-electron chi connectivity index (χ3n) is 6.87. The minimum atomic E-state index is -0.193. The summed E-state index contributed by atoms with van der Waals surface area (Å²) < 4.78 is 8.41. The number of fused-ring (bicyclic) bond motifs is 1. The number of aliphatic hydroxyl groups excluding tert-OH is 1. The summed E-state index contributed by atoms with van der Waals surface area (Å²) in [6, 6.07) is 0. The zero-order valence-corrected chi connectivity index (χ0v) is 19.2. The number of aliphatic hydroxyl groups is 1. The number of pyridine rings is 1. The molecule has 0 atom stereocenters. The van der Waals surface area contributed by atoms with Crippen LogP contribution in [-0.2, 0) is 6.54 Å². The first kappa shape index (κ1) is 22.0. The number of piperidine rings is 1. The summed E-state index contributed by atoms with van der Waals surface area (Å²) in [6.07, 6.45) is 13.0. The van der Waals surface area contributed by atoms with Crippen molar-refractivity contribution < 1.29 is 9.84 Å². The van der Waals surface area contributed by atoms with E-state index in [4.69, 9.17) is 14.7 Å². The van der Waals surface area contributed by atoms with E-state index in [0.717, 1.165) is 80.4 Å². The quantitative estimate of drug-likeness (QED) is 0.503. The minimum absolute atomic E-state index is 0.161. The van der Waals surface area contributed by atoms with Gasteiger partial charge in [-0.15, -0.1) is 0 Å². The van der Waals surface area contributed by atoms with E-state index < -0.39 is 0 Å². The zero-order chi connectivity index (χ0) is 22.6. The summed E-state index contributed by atoms with van der Waals surface area (Å²) in [7, 11) is 0. The van der Waals surface area contributed by atoms with Crippen LogP contribution in [0.3, 0.4) is 0 Å². The molecule has 0 radical (unpaired) electrons. The highest BCUT2D eigenvalue weighted by atomic mass is 16.5. The number of anilines is 1. The number of hydrogen-bond acceptors (Lipinski definition) is 8. The van der Waals surface area contributed by atoms with Crippen LogP contribution < -0.4 is 15.4 Å². The summed E-state index contributed by atoms with van der Waals surface area (Å²) in [5, 5.41) is 17.6. The van der Waals surface area contributed by atoms with Crippen molar-refractivity contribution in [2.24, 2.45) is 0 Å². The van der Waals surface area contributed by atoms with Crippen LogP contribution in [0.25, 0.3) is 10.9 Å². The number of rotatable bonds is 7. The van der Waals surface area contributed by atoms with Crippen LogP contribution in [0.1, 0.15) is 55.8 Å². The molecule has 9 nitrogen and oxygen atoms in total. The van der Waals surface area contributed by atoms with Gasteiger partial charge in [-0.1, -0.05) is 0 Å². The fourth-order valence-electron chi connectivity index (χ4n) is 4.88. The molecule has 0 spiro atoms. The van der Waals surface area contributed by atoms with Gasteiger partial charge in [0.25, 0.3) is 0 Å². The van der Waals surface area contributed by atoms with E-state index in [1.807, 2.05) is 31.7 Å². The molecule has 0 bridgehead atoms. The average Bonchev–Trinajstić information content (AvgIpc) is 3.25. The summed E-state index contributed by atoms with van der Waals surface area (Å²) in [5.74, 6) is 2.56. The molecule has 1 aliphatic carbocycles. The van der Waals surface area contributed by atoms with Crippen molar-refractivity contribution in [1.29, 1.82) is 0 Å². The molecule has 0 amide bonds. The number of ether oxygens (including phenoxy) is 1. The second-order valence-corrected chi connectivity index (χ2v) is 9.14. The normalized spacial score (nSPS) is 21.9. The lowest BCUT2D eigenvalue weighted by atomic mass is 9.83. The summed E-state index contributed by atoms with van der Waals surface area (Å²) >= 11 is 0. The molecule has 5 rings (SSSR count). The number of nitrogens with one attached hydrogen (secondary N) is 2. The van der Waals surface area contributed by atoms with Crippen LogP contribution in [0.2, 0.25) is 0 Å². The molecular formula is C24H33N7O2. The van der Waals surface area contributed by atoms with Gasteiger partial charge in [0.1, 0.15) is 11.9 Å². The largest absolute Gasteiger partial charge is 0.474 e. The van der Waals surface area contributed by atoms with E-state index in [9.17, 15) is 5.11 Å². The Morgan fingerprint density at radius 3 is 2.67 bits per heavy atom. The monoisotopic (exact) mass is 451 g/mol. The molecule has 1 aliphatic heterocycles. The van der Waals surface area contributed by atoms with Gasteiger partial charge in [-0.3, -0.25) is 0 Å². The smallest absolute Gasteiger partial charge is 0.224 e. The molecule has 3 N–H and O–H groups in total. The van der Waals surface area contributed by atoms with E-state index >= 15 is 0 Å². The van der Waals surface area contributed by atoms with Crippen molar-refractivity contribution in [2.45, 2.75) is 70.1 Å². The molecule has 4 heterocycles. The van der Waals surface area contributed by atoms with Crippen molar-refractivity contribution >= 4 is 16.9 Å². The SMILES string of the molecule is Cc1nccn1CCNc1ncc2c(OC3CCNCC3)ncc(C3CCC(O)CC3)c2n1. The van der Waals surface area contributed by atoms with E-state index in [1.54, 1.807) is 0 Å². The second kappa shape index (κ2) is 10.0. The van der Waals surface area contributed by atoms with Crippen molar-refractivity contribution in [2.75, 3.05) is 25.0 Å². The van der Waals surface area contributed by atoms with Crippen LogP contribution >= 0.6 is 0 Å². The maximum absolute atomic E-state index is 9.97. The zero-order valence-electron chi connectivity index (χ0n) is 19.2. The van der Waals surface area contributed by atoms with Crippen LogP contribution in [0, 0.1) is 6.92 Å². The number of aryl methyl sites for hydroxylation is 1. The van der Waals surface area contributed by atoms with Crippen LogP contribution in [0.5, 0.6) is 5.88 Å². The van der Waals surface area contributed by atoms with Crippen molar-refractivity contribution in [3.05, 3.63) is 36.2 Å². The molecule has 1 saturated heterocycles. The maximum atomic E-state index is 9.97. The Balaban J connectivity index is 1.41. The van der Waals surface area contributed by atoms with Gasteiger partial charge in [0.2, 0.25) is 11.8 Å². The van der Waals surface area contributed by atoms with Gasteiger partial charge in [0.15, 0.2) is 0 Å². The standard InChI is InChI=1S/C24H33N7O2/c1-16-26-10-12-31(16)13-11-27-24-29-15-21-22(30-24)20(17-2-4-18(32)5-3-17)14-28-23(21)33-19-6-8-25-9-7-19/h10,12,14-15,17-19,25,32H,2-9,11,13H2,1H3,(H,27,29,30). The molecule has 33 heavy (non-hydrogen) atoms. The molecule has 2 fully saturated rings. The van der Waals surface area contributed by atoms with Gasteiger partial charge in [-0.05, 0) is 64.5 Å². The highest BCUT2D eigenvalue weighted by molar-refractivity contribution is 5.86. The lowest BCUT2D eigenvalue weighted by molar-refractivity contribution is 0.122. The molecule has 176 valence electrons. The fraction of sp³-hybridized carbons (Fsp3) is 0.583. The first-order chi connectivity index (χ1) is 16.2. The summed E-state index contributed by atoms with van der Waals surface area (Å²) in [4.78, 5) is 18.5. The van der Waals surface area contributed by atoms with Gasteiger partial charge < -0.3 is 25.0 Å². The van der Waals surface area contributed by atoms with Gasteiger partial charge in [-0.25, -0.2) is 19.9 Å². The van der Waals surface area contributed by atoms with Crippen LogP contribution in [-0.4, -0.2) is 61.5 Å². The number of imidazole rings is 1. The lowest BCUT2D eigenvalue weighted by Crippen LogP contribution is -2.34. The Kier molecular flexibility index (Phi) is 6.68. The van der Waals surface area contributed by atoms with Gasteiger partial charge in [-0.2, -0.15) is 0 Å². The van der Waals surface area contributed by atoms with Gasteiger partial charge in [0.05, 0.1) is 17.0 Å². The van der Waals surface area contributed by atoms with Crippen LogP contribution in [0.4, 0.5) is 5.95 Å². The fourth-order valence-corrected chi connectivity index (χ4v) is 4.88. The predicted octanol–water partition coefficient (Wildman–Crippen LogP) is 2.79. The van der Waals surface area contributed by atoms with E-state index in [1.165, 1.54) is 0 Å². The molecule has 0 aromatic carbocycles. The third-order valence-corrected chi connectivity index (χ3v) is 6.87. The van der Waals surface area contributed by atoms with Crippen molar-refractivity contribution in [3.8, 4) is 5.88 Å². The summed E-state index contributed by atoms with van der Waals surface area (Å²) in [5.41, 5.74) is 2.04. The van der Waals surface area contributed by atoms with Gasteiger partial charge in [0, 0.05) is 43.4 Å². The average molecular weight is 452 g/mol. The Morgan fingerprint density at radius 2 is 1.91 bits per heavy atom. The Hall–Kier alpha value is -2.78. The van der Waals surface area contributed by atoms with Crippen LogP contribution in [0.15, 0.2) is 24.8 Å². The Labute approximate surface area is 194 Å². The highest BCUT2D eigenvalue weighted by Crippen LogP contribution is 2.38. The van der Waals surface area contributed by atoms with Crippen molar-refractivity contribution in [3.63, 3.8) is 0 Å². The van der Waals surface area contributed by atoms with E-state index in [0.29, 0.717) is 24.3 Å². The maximum Gasteiger partial charge on any atom is 0.224 e. The Bertz CT molecular complexity index is 1070. The molecule has 2 aliphatic rings. The Morgan fingerprint density at radius 1 is 1.09 bits per heavy atom. The molecule has 0 unspecified atom stereocenters. The molecular weight excluding hydrogens is 418 g/mol. The molecule has 3 aromatic rings. The minimum Gasteiger partial charge on any atom is -0.474 e. The molecule has 3 aromatic heterocycles. The predicted molar refractivity (Wildman–Crippen MR) is 127 cm³/mol. The highest BCUT2D eigenvalue weighted by Gasteiger charge is 2.25.